The van der Waals surface area contributed by atoms with Crippen LogP contribution in [0.3, 0.4) is 0 Å². The van der Waals surface area contributed by atoms with Crippen LogP contribution < -0.4 is 15.4 Å². The highest BCUT2D eigenvalue weighted by molar-refractivity contribution is 5.95. The highest BCUT2D eigenvalue weighted by atomic mass is 19.1. The summed E-state index contributed by atoms with van der Waals surface area (Å²) in [6, 6.07) is 17.4. The molecule has 3 aromatic rings. The quantitative estimate of drug-likeness (QED) is 0.572. The van der Waals surface area contributed by atoms with Crippen LogP contribution >= 0.6 is 0 Å². The van der Waals surface area contributed by atoms with Gasteiger partial charge in [-0.1, -0.05) is 6.07 Å². The van der Waals surface area contributed by atoms with Crippen LogP contribution in [0.4, 0.5) is 14.5 Å². The van der Waals surface area contributed by atoms with E-state index in [-0.39, 0.29) is 23.6 Å². The first-order valence-electron chi connectivity index (χ1n) is 10.3. The van der Waals surface area contributed by atoms with Crippen LogP contribution in [0.25, 0.3) is 0 Å². The molecule has 1 heterocycles. The Morgan fingerprint density at radius 2 is 1.65 bits per heavy atom. The second-order valence-electron chi connectivity index (χ2n) is 7.91. The Kier molecular flexibility index (Phi) is 6.28. The Labute approximate surface area is 180 Å². The molecule has 31 heavy (non-hydrogen) atoms. The van der Waals surface area contributed by atoms with E-state index in [0.29, 0.717) is 23.1 Å². The number of benzene rings is 3. The predicted octanol–water partition coefficient (Wildman–Crippen LogP) is 5.22. The third-order valence-corrected chi connectivity index (χ3v) is 5.52. The van der Waals surface area contributed by atoms with Gasteiger partial charge in [0.15, 0.2) is 0 Å². The number of aryl methyl sites for hydroxylation is 1. The largest absolute Gasteiger partial charge is 0.457 e. The number of carbonyl (C=O) groups excluding carboxylic acids is 1. The Morgan fingerprint density at radius 1 is 1.00 bits per heavy atom. The Bertz CT molecular complexity index is 1050. The van der Waals surface area contributed by atoms with Crippen molar-refractivity contribution < 1.29 is 18.3 Å². The lowest BCUT2D eigenvalue weighted by molar-refractivity contribution is -0.117. The van der Waals surface area contributed by atoms with Crippen molar-refractivity contribution in [1.29, 1.82) is 0 Å². The summed E-state index contributed by atoms with van der Waals surface area (Å²) in [5.74, 6) is 0.837. The van der Waals surface area contributed by atoms with E-state index in [0.717, 1.165) is 30.5 Å². The predicted molar refractivity (Wildman–Crippen MR) is 116 cm³/mol. The molecule has 3 aromatic carbocycles. The van der Waals surface area contributed by atoms with Crippen molar-refractivity contribution in [2.24, 2.45) is 5.92 Å². The molecule has 0 saturated carbocycles. The molecule has 1 fully saturated rings. The van der Waals surface area contributed by atoms with Crippen LogP contribution in [-0.4, -0.2) is 18.5 Å². The number of amides is 1. The molecule has 1 saturated heterocycles. The van der Waals surface area contributed by atoms with E-state index < -0.39 is 0 Å². The summed E-state index contributed by atoms with van der Waals surface area (Å²) in [7, 11) is 0. The second kappa shape index (κ2) is 9.27. The molecular weight excluding hydrogens is 398 g/mol. The van der Waals surface area contributed by atoms with Crippen LogP contribution in [0.15, 0.2) is 66.7 Å². The lowest BCUT2D eigenvalue weighted by Gasteiger charge is -2.13. The average Bonchev–Trinajstić information content (AvgIpc) is 3.22. The van der Waals surface area contributed by atoms with Crippen molar-refractivity contribution in [2.45, 2.75) is 25.8 Å². The van der Waals surface area contributed by atoms with E-state index in [1.165, 1.54) is 18.2 Å². The fraction of sp³-hybridized carbons (Fsp3) is 0.240. The minimum absolute atomic E-state index is 0.0782. The molecule has 4 nitrogen and oxygen atoms in total. The fourth-order valence-corrected chi connectivity index (χ4v) is 3.84. The fourth-order valence-electron chi connectivity index (χ4n) is 3.84. The lowest BCUT2D eigenvalue weighted by Crippen LogP contribution is -2.35. The van der Waals surface area contributed by atoms with E-state index in [1.54, 1.807) is 42.5 Å². The van der Waals surface area contributed by atoms with Gasteiger partial charge in [0, 0.05) is 5.69 Å². The van der Waals surface area contributed by atoms with Crippen molar-refractivity contribution >= 4 is 11.6 Å². The number of hydrogen-bond acceptors (Lipinski definition) is 3. The van der Waals surface area contributed by atoms with E-state index in [2.05, 4.69) is 10.6 Å². The number of nitrogens with one attached hydrogen (secondary N) is 2. The molecular formula is C25H24F2N2O2. The van der Waals surface area contributed by atoms with Gasteiger partial charge < -0.3 is 15.4 Å². The Balaban J connectivity index is 1.29. The molecule has 160 valence electrons. The maximum atomic E-state index is 13.3. The van der Waals surface area contributed by atoms with Crippen molar-refractivity contribution in [2.75, 3.05) is 11.9 Å². The van der Waals surface area contributed by atoms with E-state index in [9.17, 15) is 13.6 Å². The van der Waals surface area contributed by atoms with Gasteiger partial charge in [0.1, 0.15) is 23.1 Å². The maximum Gasteiger partial charge on any atom is 0.241 e. The molecule has 0 radical (unpaired) electrons. The van der Waals surface area contributed by atoms with Gasteiger partial charge in [0.05, 0.1) is 6.04 Å². The lowest BCUT2D eigenvalue weighted by atomic mass is 9.94. The molecule has 1 amide bonds. The van der Waals surface area contributed by atoms with Gasteiger partial charge in [0.2, 0.25) is 5.91 Å². The van der Waals surface area contributed by atoms with Gasteiger partial charge in [-0.2, -0.15) is 0 Å². The molecule has 1 aliphatic heterocycles. The first-order chi connectivity index (χ1) is 15.0. The van der Waals surface area contributed by atoms with Crippen LogP contribution in [0, 0.1) is 24.5 Å². The molecule has 0 bridgehead atoms. The van der Waals surface area contributed by atoms with Crippen LogP contribution in [0.2, 0.25) is 0 Å². The number of rotatable bonds is 6. The molecule has 0 unspecified atom stereocenters. The average molecular weight is 422 g/mol. The third-order valence-electron chi connectivity index (χ3n) is 5.52. The molecule has 0 aromatic heterocycles. The van der Waals surface area contributed by atoms with Gasteiger partial charge in [0.25, 0.3) is 0 Å². The Morgan fingerprint density at radius 3 is 2.32 bits per heavy atom. The molecule has 6 heteroatoms. The summed E-state index contributed by atoms with van der Waals surface area (Å²) in [4.78, 5) is 12.6. The summed E-state index contributed by atoms with van der Waals surface area (Å²) in [5.41, 5.74) is 2.73. The van der Waals surface area contributed by atoms with Gasteiger partial charge in [-0.3, -0.25) is 4.79 Å². The monoisotopic (exact) mass is 422 g/mol. The second-order valence-corrected chi connectivity index (χ2v) is 7.91. The molecule has 1 aliphatic rings. The zero-order chi connectivity index (χ0) is 21.8. The first kappa shape index (κ1) is 21.0. The van der Waals surface area contributed by atoms with Gasteiger partial charge in [-0.15, -0.1) is 0 Å². The third kappa shape index (κ3) is 5.47. The van der Waals surface area contributed by atoms with Gasteiger partial charge >= 0.3 is 0 Å². The summed E-state index contributed by atoms with van der Waals surface area (Å²) >= 11 is 0. The summed E-state index contributed by atoms with van der Waals surface area (Å²) in [6.07, 6.45) is 1.55. The van der Waals surface area contributed by atoms with Crippen molar-refractivity contribution in [1.82, 2.24) is 5.32 Å². The minimum Gasteiger partial charge on any atom is -0.457 e. The summed E-state index contributed by atoms with van der Waals surface area (Å²) in [5, 5.41) is 6.21. The molecule has 0 spiro atoms. The van der Waals surface area contributed by atoms with E-state index >= 15 is 0 Å². The number of carbonyl (C=O) groups is 1. The van der Waals surface area contributed by atoms with Crippen LogP contribution in [0.5, 0.6) is 11.5 Å². The van der Waals surface area contributed by atoms with Crippen LogP contribution in [0.1, 0.15) is 17.5 Å². The zero-order valence-electron chi connectivity index (χ0n) is 17.2. The normalized spacial score (nSPS) is 18.0. The smallest absolute Gasteiger partial charge is 0.241 e. The highest BCUT2D eigenvalue weighted by Crippen LogP contribution is 2.25. The first-order valence-corrected chi connectivity index (χ1v) is 10.3. The molecule has 4 rings (SSSR count). The minimum atomic E-state index is -0.319. The maximum absolute atomic E-state index is 13.3. The van der Waals surface area contributed by atoms with E-state index in [1.807, 2.05) is 13.0 Å². The highest BCUT2D eigenvalue weighted by Gasteiger charge is 2.29. The molecule has 2 atom stereocenters. The summed E-state index contributed by atoms with van der Waals surface area (Å²) < 4.78 is 31.9. The van der Waals surface area contributed by atoms with Crippen molar-refractivity contribution in [3.05, 3.63) is 89.5 Å². The topological polar surface area (TPSA) is 50.4 Å². The number of halogens is 2. The summed E-state index contributed by atoms with van der Waals surface area (Å²) in [6.45, 7) is 2.66. The van der Waals surface area contributed by atoms with Crippen LogP contribution in [-0.2, 0) is 11.2 Å². The van der Waals surface area contributed by atoms with Gasteiger partial charge in [-0.05, 0) is 104 Å². The van der Waals surface area contributed by atoms with E-state index in [4.69, 9.17) is 4.74 Å². The van der Waals surface area contributed by atoms with Crippen molar-refractivity contribution in [3.8, 4) is 11.5 Å². The van der Waals surface area contributed by atoms with Gasteiger partial charge in [-0.25, -0.2) is 8.78 Å². The number of hydrogen-bond donors (Lipinski definition) is 2. The zero-order valence-corrected chi connectivity index (χ0v) is 17.2. The number of ether oxygens (including phenoxy) is 1. The Hall–Kier alpha value is -3.25. The molecule has 2 N–H and O–H groups in total. The SMILES string of the molecule is Cc1cc(F)ccc1C[C@H]1CN[C@H](C(=O)Nc2ccc(Oc3ccc(F)cc3)cc2)C1. The number of anilines is 1. The molecule has 0 aliphatic carbocycles. The van der Waals surface area contributed by atoms with Crippen molar-refractivity contribution in [3.63, 3.8) is 0 Å². The standard InChI is InChI=1S/C25H24F2N2O2/c1-16-12-20(27)3-2-18(16)13-17-14-24(28-15-17)25(30)29-21-6-10-23(11-7-21)31-22-8-4-19(26)5-9-22/h2-12,17,24,28H,13-15H2,1H3,(H,29,30)/t17-,24+/m1/s1.